The third kappa shape index (κ3) is 1.99. The van der Waals surface area contributed by atoms with Gasteiger partial charge in [-0.3, -0.25) is 4.21 Å². The van der Waals surface area contributed by atoms with Gasteiger partial charge in [-0.25, -0.2) is 0 Å². The van der Waals surface area contributed by atoms with E-state index in [0.717, 1.165) is 11.5 Å². The fraction of sp³-hybridized carbons (Fsp3) is 0.429. The van der Waals surface area contributed by atoms with Crippen LogP contribution in [0.25, 0.3) is 0 Å². The van der Waals surface area contributed by atoms with Gasteiger partial charge in [0.25, 0.3) is 0 Å². The summed E-state index contributed by atoms with van der Waals surface area (Å²) in [5, 5.41) is 0. The van der Waals surface area contributed by atoms with Crippen molar-refractivity contribution in [1.82, 2.24) is 0 Å². The molecule has 0 fully saturated rings. The van der Waals surface area contributed by atoms with Gasteiger partial charge in [0.1, 0.15) is 11.5 Å². The zero-order chi connectivity index (χ0) is 7.56. The van der Waals surface area contributed by atoms with Gasteiger partial charge in [-0.15, -0.1) is 0 Å². The highest BCUT2D eigenvalue weighted by Crippen LogP contribution is 2.07. The average molecular weight is 158 g/mol. The molecule has 1 aromatic rings. The summed E-state index contributed by atoms with van der Waals surface area (Å²) in [6, 6.07) is 3.74. The summed E-state index contributed by atoms with van der Waals surface area (Å²) in [4.78, 5) is 0. The van der Waals surface area contributed by atoms with Crippen LogP contribution in [0.15, 0.2) is 16.5 Å². The Hall–Kier alpha value is -0.570. The molecule has 0 aliphatic heterocycles. The molecule has 3 heteroatoms. The molecule has 1 rings (SSSR count). The van der Waals surface area contributed by atoms with E-state index in [1.807, 2.05) is 19.1 Å². The van der Waals surface area contributed by atoms with Gasteiger partial charge in [-0.1, -0.05) is 0 Å². The van der Waals surface area contributed by atoms with Crippen molar-refractivity contribution in [3.8, 4) is 0 Å². The summed E-state index contributed by atoms with van der Waals surface area (Å²) in [5.74, 6) is 2.20. The fourth-order valence-corrected chi connectivity index (χ4v) is 1.32. The monoisotopic (exact) mass is 158 g/mol. The van der Waals surface area contributed by atoms with Crippen LogP contribution >= 0.6 is 0 Å². The van der Waals surface area contributed by atoms with Crippen molar-refractivity contribution in [2.24, 2.45) is 0 Å². The van der Waals surface area contributed by atoms with E-state index in [0.29, 0.717) is 5.75 Å². The van der Waals surface area contributed by atoms with Crippen molar-refractivity contribution in [2.75, 3.05) is 6.26 Å². The van der Waals surface area contributed by atoms with Crippen LogP contribution < -0.4 is 0 Å². The minimum atomic E-state index is -0.797. The minimum Gasteiger partial charge on any atom is -0.465 e. The second kappa shape index (κ2) is 3.01. The minimum absolute atomic E-state index is 0.522. The third-order valence-electron chi connectivity index (χ3n) is 1.14. The molecule has 56 valence electrons. The van der Waals surface area contributed by atoms with E-state index < -0.39 is 10.8 Å². The number of hydrogen-bond donors (Lipinski definition) is 0. The summed E-state index contributed by atoms with van der Waals surface area (Å²) < 4.78 is 15.9. The van der Waals surface area contributed by atoms with E-state index in [4.69, 9.17) is 4.42 Å². The quantitative estimate of drug-likeness (QED) is 0.652. The lowest BCUT2D eigenvalue weighted by molar-refractivity contribution is 0.499. The molecule has 0 saturated carbocycles. The van der Waals surface area contributed by atoms with Crippen LogP contribution in [-0.2, 0) is 16.6 Å². The molecule has 1 unspecified atom stereocenters. The predicted octanol–water partition coefficient (Wildman–Crippen LogP) is 1.47. The van der Waals surface area contributed by atoms with Gasteiger partial charge >= 0.3 is 0 Å². The highest BCUT2D eigenvalue weighted by Gasteiger charge is 1.99. The molecule has 0 spiro atoms. The van der Waals surface area contributed by atoms with Gasteiger partial charge in [-0.2, -0.15) is 0 Å². The lowest BCUT2D eigenvalue weighted by Gasteiger charge is -1.89. The first-order valence-corrected chi connectivity index (χ1v) is 4.76. The van der Waals surface area contributed by atoms with Crippen LogP contribution in [0.4, 0.5) is 0 Å². The van der Waals surface area contributed by atoms with E-state index in [1.165, 1.54) is 0 Å². The maximum Gasteiger partial charge on any atom is 0.116 e. The number of aryl methyl sites for hydroxylation is 1. The molecule has 10 heavy (non-hydrogen) atoms. The highest BCUT2D eigenvalue weighted by atomic mass is 32.2. The van der Waals surface area contributed by atoms with Crippen molar-refractivity contribution in [3.05, 3.63) is 23.7 Å². The summed E-state index contributed by atoms with van der Waals surface area (Å²) in [6.45, 7) is 1.88. The molecule has 0 N–H and O–H groups in total. The Morgan fingerprint density at radius 1 is 1.60 bits per heavy atom. The average Bonchev–Trinajstić information content (AvgIpc) is 2.13. The van der Waals surface area contributed by atoms with Crippen LogP contribution in [0.1, 0.15) is 11.5 Å². The van der Waals surface area contributed by atoms with Crippen LogP contribution in [-0.4, -0.2) is 10.5 Å². The lowest BCUT2D eigenvalue weighted by Crippen LogP contribution is -1.88. The van der Waals surface area contributed by atoms with Crippen LogP contribution in [0, 0.1) is 6.92 Å². The van der Waals surface area contributed by atoms with Gasteiger partial charge in [0.2, 0.25) is 0 Å². The van der Waals surface area contributed by atoms with Crippen molar-refractivity contribution < 1.29 is 8.63 Å². The molecule has 1 heterocycles. The Balaban J connectivity index is 2.67. The topological polar surface area (TPSA) is 30.2 Å². The third-order valence-corrected chi connectivity index (χ3v) is 1.83. The van der Waals surface area contributed by atoms with E-state index in [-0.39, 0.29) is 0 Å². The summed E-state index contributed by atoms with van der Waals surface area (Å²) in [5.41, 5.74) is 0. The molecule has 0 radical (unpaired) electrons. The van der Waals surface area contributed by atoms with Crippen LogP contribution in [0.5, 0.6) is 0 Å². The lowest BCUT2D eigenvalue weighted by atomic mass is 10.5. The summed E-state index contributed by atoms with van der Waals surface area (Å²) in [6.07, 6.45) is 1.66. The Bertz CT molecular complexity index is 240. The second-order valence-corrected chi connectivity index (χ2v) is 3.66. The van der Waals surface area contributed by atoms with Gasteiger partial charge in [0.15, 0.2) is 0 Å². The Kier molecular flexibility index (Phi) is 2.27. The van der Waals surface area contributed by atoms with Gasteiger partial charge in [0, 0.05) is 17.1 Å². The van der Waals surface area contributed by atoms with E-state index in [2.05, 4.69) is 0 Å². The molecule has 2 nitrogen and oxygen atoms in total. The predicted molar refractivity (Wildman–Crippen MR) is 41.2 cm³/mol. The van der Waals surface area contributed by atoms with Gasteiger partial charge in [0.05, 0.1) is 5.75 Å². The maximum atomic E-state index is 10.7. The molecule has 0 aromatic carbocycles. The standard InChI is InChI=1S/C7H10O2S/c1-6-3-4-7(9-6)5-10(2)8/h3-4H,5H2,1-2H3. The SMILES string of the molecule is Cc1ccc(CS(C)=O)o1. The Morgan fingerprint density at radius 2 is 2.30 bits per heavy atom. The first kappa shape index (κ1) is 7.54. The molecule has 0 saturated heterocycles. The van der Waals surface area contributed by atoms with E-state index >= 15 is 0 Å². The molecule has 1 atom stereocenters. The van der Waals surface area contributed by atoms with Crippen molar-refractivity contribution in [1.29, 1.82) is 0 Å². The first-order valence-electron chi connectivity index (χ1n) is 3.04. The smallest absolute Gasteiger partial charge is 0.116 e. The van der Waals surface area contributed by atoms with Gasteiger partial charge in [-0.05, 0) is 19.1 Å². The molecule has 0 aliphatic rings. The molecule has 1 aromatic heterocycles. The van der Waals surface area contributed by atoms with Crippen molar-refractivity contribution in [2.45, 2.75) is 12.7 Å². The molecule has 0 bridgehead atoms. The highest BCUT2D eigenvalue weighted by molar-refractivity contribution is 7.83. The normalized spacial score (nSPS) is 13.4. The zero-order valence-electron chi connectivity index (χ0n) is 6.09. The maximum absolute atomic E-state index is 10.7. The number of rotatable bonds is 2. The van der Waals surface area contributed by atoms with Crippen LogP contribution in [0.2, 0.25) is 0 Å². The molecule has 0 aliphatic carbocycles. The number of hydrogen-bond acceptors (Lipinski definition) is 2. The van der Waals surface area contributed by atoms with Crippen molar-refractivity contribution in [3.63, 3.8) is 0 Å². The number of furan rings is 1. The second-order valence-electron chi connectivity index (χ2n) is 2.23. The molecule has 0 amide bonds. The van der Waals surface area contributed by atoms with Gasteiger partial charge < -0.3 is 4.42 Å². The Labute approximate surface area is 62.7 Å². The summed E-state index contributed by atoms with van der Waals surface area (Å²) in [7, 11) is -0.797. The molecular weight excluding hydrogens is 148 g/mol. The first-order chi connectivity index (χ1) is 4.68. The zero-order valence-corrected chi connectivity index (χ0v) is 6.90. The summed E-state index contributed by atoms with van der Waals surface area (Å²) >= 11 is 0. The fourth-order valence-electron chi connectivity index (χ4n) is 0.763. The largest absolute Gasteiger partial charge is 0.465 e. The van der Waals surface area contributed by atoms with Crippen LogP contribution in [0.3, 0.4) is 0 Å². The Morgan fingerprint density at radius 3 is 2.70 bits per heavy atom. The van der Waals surface area contributed by atoms with E-state index in [9.17, 15) is 4.21 Å². The molecular formula is C7H10O2S. The van der Waals surface area contributed by atoms with E-state index in [1.54, 1.807) is 6.26 Å². The van der Waals surface area contributed by atoms with Crippen molar-refractivity contribution >= 4 is 10.8 Å².